The van der Waals surface area contributed by atoms with Gasteiger partial charge in [0.05, 0.1) is 6.04 Å². The minimum atomic E-state index is -0.640. The Morgan fingerprint density at radius 1 is 1.25 bits per heavy atom. The predicted molar refractivity (Wildman–Crippen MR) is 82.6 cm³/mol. The summed E-state index contributed by atoms with van der Waals surface area (Å²) in [5.74, 6) is -0.0444. The van der Waals surface area contributed by atoms with E-state index >= 15 is 0 Å². The van der Waals surface area contributed by atoms with E-state index in [-0.39, 0.29) is 11.7 Å². The van der Waals surface area contributed by atoms with Gasteiger partial charge < -0.3 is 16.2 Å². The molecule has 1 atom stereocenters. The van der Waals surface area contributed by atoms with Crippen molar-refractivity contribution < 1.29 is 9.90 Å². The molecule has 4 nitrogen and oxygen atoms in total. The average molecular weight is 335 g/mol. The first-order chi connectivity index (χ1) is 9.54. The van der Waals surface area contributed by atoms with Gasteiger partial charge in [0.25, 0.3) is 0 Å². The summed E-state index contributed by atoms with van der Waals surface area (Å²) in [7, 11) is 0. The number of carbonyl (C=O) groups is 1. The largest absolute Gasteiger partial charge is 0.508 e. The molecule has 1 amide bonds. The molecule has 1 unspecified atom stereocenters. The molecule has 20 heavy (non-hydrogen) atoms. The summed E-state index contributed by atoms with van der Waals surface area (Å²) in [6, 6.07) is 13.3. The molecule has 0 bridgehead atoms. The number of phenolic OH excluding ortho intramolecular Hbond substituents is 1. The summed E-state index contributed by atoms with van der Waals surface area (Å²) < 4.78 is 0.891. The number of halogens is 1. The highest BCUT2D eigenvalue weighted by atomic mass is 79.9. The van der Waals surface area contributed by atoms with E-state index in [1.54, 1.807) is 30.3 Å². The van der Waals surface area contributed by atoms with Crippen LogP contribution < -0.4 is 11.1 Å². The zero-order valence-electron chi connectivity index (χ0n) is 10.7. The summed E-state index contributed by atoms with van der Waals surface area (Å²) >= 11 is 3.34. The lowest BCUT2D eigenvalue weighted by atomic mass is 10.1. The Hall–Kier alpha value is -1.85. The molecule has 2 rings (SSSR count). The highest BCUT2D eigenvalue weighted by molar-refractivity contribution is 9.10. The average Bonchev–Trinajstić information content (AvgIpc) is 2.41. The zero-order chi connectivity index (χ0) is 14.5. The van der Waals surface area contributed by atoms with Gasteiger partial charge in [-0.3, -0.25) is 4.79 Å². The van der Waals surface area contributed by atoms with Crippen LogP contribution in [0.4, 0.5) is 5.69 Å². The molecule has 0 fully saturated rings. The van der Waals surface area contributed by atoms with Gasteiger partial charge in [-0.15, -0.1) is 0 Å². The van der Waals surface area contributed by atoms with E-state index < -0.39 is 6.04 Å². The first-order valence-corrected chi connectivity index (χ1v) is 6.94. The molecule has 0 saturated heterocycles. The Morgan fingerprint density at radius 2 is 1.95 bits per heavy atom. The molecule has 2 aromatic rings. The zero-order valence-corrected chi connectivity index (χ0v) is 12.3. The Balaban J connectivity index is 1.96. The molecule has 0 aliphatic heterocycles. The van der Waals surface area contributed by atoms with Crippen LogP contribution in [0.5, 0.6) is 5.75 Å². The van der Waals surface area contributed by atoms with Gasteiger partial charge in [0.15, 0.2) is 0 Å². The minimum absolute atomic E-state index is 0.195. The van der Waals surface area contributed by atoms with E-state index in [1.807, 2.05) is 18.2 Å². The monoisotopic (exact) mass is 334 g/mol. The third-order valence-corrected chi connectivity index (χ3v) is 3.31. The number of hydrogen-bond donors (Lipinski definition) is 3. The second kappa shape index (κ2) is 6.54. The van der Waals surface area contributed by atoms with Gasteiger partial charge in [-0.1, -0.05) is 34.1 Å². The number of carbonyl (C=O) groups excluding carboxylic acids is 1. The van der Waals surface area contributed by atoms with Crippen LogP contribution in [-0.4, -0.2) is 17.1 Å². The quantitative estimate of drug-likeness (QED) is 0.804. The maximum atomic E-state index is 12.0. The van der Waals surface area contributed by atoms with E-state index in [4.69, 9.17) is 5.73 Å². The lowest BCUT2D eigenvalue weighted by Gasteiger charge is -2.12. The number of anilines is 1. The van der Waals surface area contributed by atoms with Crippen LogP contribution >= 0.6 is 15.9 Å². The first-order valence-electron chi connectivity index (χ1n) is 6.14. The van der Waals surface area contributed by atoms with Crippen molar-refractivity contribution in [3.8, 4) is 5.75 Å². The summed E-state index contributed by atoms with van der Waals surface area (Å²) in [6.07, 6.45) is 0.417. The van der Waals surface area contributed by atoms with Crippen molar-refractivity contribution in [2.45, 2.75) is 12.5 Å². The Bertz CT molecular complexity index is 599. The van der Waals surface area contributed by atoms with E-state index in [2.05, 4.69) is 21.2 Å². The normalized spacial score (nSPS) is 11.9. The molecular weight excluding hydrogens is 320 g/mol. The SMILES string of the molecule is NC(Cc1ccc(O)cc1)C(=O)Nc1cccc(Br)c1. The summed E-state index contributed by atoms with van der Waals surface area (Å²) in [6.45, 7) is 0. The van der Waals surface area contributed by atoms with Crippen molar-refractivity contribution in [1.82, 2.24) is 0 Å². The van der Waals surface area contributed by atoms with Crippen molar-refractivity contribution in [1.29, 1.82) is 0 Å². The van der Waals surface area contributed by atoms with Crippen molar-refractivity contribution in [3.05, 3.63) is 58.6 Å². The number of aromatic hydroxyl groups is 1. The van der Waals surface area contributed by atoms with Gasteiger partial charge in [0.2, 0.25) is 5.91 Å². The summed E-state index contributed by atoms with van der Waals surface area (Å²) in [4.78, 5) is 12.0. The van der Waals surface area contributed by atoms with E-state index in [0.29, 0.717) is 12.1 Å². The predicted octanol–water partition coefficient (Wildman–Crippen LogP) is 2.66. The fourth-order valence-electron chi connectivity index (χ4n) is 1.78. The van der Waals surface area contributed by atoms with Crippen LogP contribution in [0, 0.1) is 0 Å². The molecule has 0 aromatic heterocycles. The number of nitrogens with two attached hydrogens (primary N) is 1. The lowest BCUT2D eigenvalue weighted by Crippen LogP contribution is -2.37. The van der Waals surface area contributed by atoms with Crippen LogP contribution in [0.25, 0.3) is 0 Å². The van der Waals surface area contributed by atoms with Crippen molar-refractivity contribution in [2.75, 3.05) is 5.32 Å². The molecule has 5 heteroatoms. The molecule has 0 saturated carbocycles. The van der Waals surface area contributed by atoms with E-state index in [1.165, 1.54) is 0 Å². The molecule has 0 spiro atoms. The van der Waals surface area contributed by atoms with Crippen LogP contribution in [0.3, 0.4) is 0 Å². The van der Waals surface area contributed by atoms with Crippen molar-refractivity contribution >= 4 is 27.5 Å². The van der Waals surface area contributed by atoms with Gasteiger partial charge >= 0.3 is 0 Å². The van der Waals surface area contributed by atoms with Gasteiger partial charge in [-0.25, -0.2) is 0 Å². The molecule has 2 aromatic carbocycles. The fourth-order valence-corrected chi connectivity index (χ4v) is 2.18. The van der Waals surface area contributed by atoms with E-state index in [9.17, 15) is 9.90 Å². The van der Waals surface area contributed by atoms with E-state index in [0.717, 1.165) is 10.0 Å². The molecule has 104 valence electrons. The third-order valence-electron chi connectivity index (χ3n) is 2.82. The van der Waals surface area contributed by atoms with Crippen LogP contribution in [-0.2, 0) is 11.2 Å². The maximum absolute atomic E-state index is 12.0. The highest BCUT2D eigenvalue weighted by Crippen LogP contribution is 2.16. The number of benzene rings is 2. The molecular formula is C15H15BrN2O2. The van der Waals surface area contributed by atoms with Gasteiger partial charge in [0, 0.05) is 10.2 Å². The maximum Gasteiger partial charge on any atom is 0.241 e. The Labute approximate surface area is 125 Å². The second-order valence-electron chi connectivity index (χ2n) is 4.48. The molecule has 0 aliphatic rings. The third kappa shape index (κ3) is 4.08. The minimum Gasteiger partial charge on any atom is -0.508 e. The smallest absolute Gasteiger partial charge is 0.241 e. The lowest BCUT2D eigenvalue weighted by molar-refractivity contribution is -0.117. The van der Waals surface area contributed by atoms with Gasteiger partial charge in [0.1, 0.15) is 5.75 Å². The highest BCUT2D eigenvalue weighted by Gasteiger charge is 2.14. The molecule has 4 N–H and O–H groups in total. The Kier molecular flexibility index (Phi) is 4.76. The van der Waals surface area contributed by atoms with Crippen LogP contribution in [0.2, 0.25) is 0 Å². The summed E-state index contributed by atoms with van der Waals surface area (Å²) in [5, 5.41) is 12.0. The summed E-state index contributed by atoms with van der Waals surface area (Å²) in [5.41, 5.74) is 7.49. The standard InChI is InChI=1S/C15H15BrN2O2/c16-11-2-1-3-12(9-11)18-15(20)14(17)8-10-4-6-13(19)7-5-10/h1-7,9,14,19H,8,17H2,(H,18,20). The number of phenols is 1. The second-order valence-corrected chi connectivity index (χ2v) is 5.39. The number of hydrogen-bond acceptors (Lipinski definition) is 3. The number of amides is 1. The molecule has 0 radical (unpaired) electrons. The topological polar surface area (TPSA) is 75.3 Å². The fraction of sp³-hybridized carbons (Fsp3) is 0.133. The van der Waals surface area contributed by atoms with Crippen LogP contribution in [0.1, 0.15) is 5.56 Å². The molecule has 0 heterocycles. The Morgan fingerprint density at radius 3 is 2.60 bits per heavy atom. The van der Waals surface area contributed by atoms with Crippen molar-refractivity contribution in [3.63, 3.8) is 0 Å². The molecule has 0 aliphatic carbocycles. The van der Waals surface area contributed by atoms with Crippen molar-refractivity contribution in [2.24, 2.45) is 5.73 Å². The number of rotatable bonds is 4. The van der Waals surface area contributed by atoms with Crippen LogP contribution in [0.15, 0.2) is 53.0 Å². The first kappa shape index (κ1) is 14.6. The number of nitrogens with one attached hydrogen (secondary N) is 1. The van der Waals surface area contributed by atoms with Gasteiger partial charge in [-0.05, 0) is 42.3 Å². The van der Waals surface area contributed by atoms with Gasteiger partial charge in [-0.2, -0.15) is 0 Å².